The van der Waals surface area contributed by atoms with Crippen LogP contribution in [0.5, 0.6) is 0 Å². The predicted octanol–water partition coefficient (Wildman–Crippen LogP) is 6.09. The lowest BCUT2D eigenvalue weighted by atomic mass is 9.92. The van der Waals surface area contributed by atoms with E-state index in [9.17, 15) is 0 Å². The molecular formula is C17H21Br2NS. The zero-order valence-corrected chi connectivity index (χ0v) is 16.9. The second kappa shape index (κ2) is 7.40. The van der Waals surface area contributed by atoms with Crippen LogP contribution in [0.3, 0.4) is 0 Å². The Morgan fingerprint density at radius 2 is 1.71 bits per heavy atom. The minimum absolute atomic E-state index is 0.340. The third kappa shape index (κ3) is 4.19. The van der Waals surface area contributed by atoms with Crippen LogP contribution in [-0.2, 0) is 6.42 Å². The molecule has 1 unspecified atom stereocenters. The highest BCUT2D eigenvalue weighted by molar-refractivity contribution is 9.12. The molecular weight excluding hydrogens is 410 g/mol. The Balaban J connectivity index is 2.35. The van der Waals surface area contributed by atoms with Crippen molar-refractivity contribution >= 4 is 43.2 Å². The molecule has 0 amide bonds. The van der Waals surface area contributed by atoms with Gasteiger partial charge in [0.2, 0.25) is 0 Å². The summed E-state index contributed by atoms with van der Waals surface area (Å²) in [6, 6.07) is 7.13. The summed E-state index contributed by atoms with van der Waals surface area (Å²) in [5.74, 6) is 0. The molecule has 0 aliphatic carbocycles. The van der Waals surface area contributed by atoms with Crippen molar-refractivity contribution in [3.05, 3.63) is 53.6 Å². The summed E-state index contributed by atoms with van der Waals surface area (Å²) in [6.45, 7) is 9.73. The Hall–Kier alpha value is -0.160. The van der Waals surface area contributed by atoms with E-state index in [2.05, 4.69) is 83.1 Å². The third-order valence-electron chi connectivity index (χ3n) is 3.76. The minimum Gasteiger partial charge on any atom is -0.310 e. The highest BCUT2D eigenvalue weighted by Crippen LogP contribution is 2.37. The van der Waals surface area contributed by atoms with Gasteiger partial charge in [0.25, 0.3) is 0 Å². The number of hydrogen-bond donors (Lipinski definition) is 1. The number of rotatable bonds is 5. The monoisotopic (exact) mass is 429 g/mol. The first-order valence-corrected chi connectivity index (χ1v) is 9.57. The summed E-state index contributed by atoms with van der Waals surface area (Å²) in [5, 5.41) is 3.63. The molecule has 2 rings (SSSR count). The van der Waals surface area contributed by atoms with E-state index in [1.165, 1.54) is 35.4 Å². The maximum Gasteiger partial charge on any atom is 0.0758 e. The molecule has 0 saturated heterocycles. The maximum absolute atomic E-state index is 3.70. The summed E-state index contributed by atoms with van der Waals surface area (Å²) in [5.41, 5.74) is 6.92. The molecule has 4 heteroatoms. The van der Waals surface area contributed by atoms with E-state index in [0.717, 1.165) is 13.0 Å². The average molecular weight is 431 g/mol. The van der Waals surface area contributed by atoms with Crippen molar-refractivity contribution < 1.29 is 0 Å². The van der Waals surface area contributed by atoms with Crippen molar-refractivity contribution in [2.45, 2.75) is 40.2 Å². The number of thiophene rings is 1. The van der Waals surface area contributed by atoms with Gasteiger partial charge >= 0.3 is 0 Å². The minimum atomic E-state index is 0.340. The van der Waals surface area contributed by atoms with Crippen LogP contribution in [0, 0.1) is 20.8 Å². The molecule has 1 nitrogen and oxygen atoms in total. The van der Waals surface area contributed by atoms with Gasteiger partial charge in [-0.2, -0.15) is 0 Å². The summed E-state index contributed by atoms with van der Waals surface area (Å²) in [4.78, 5) is 0. The van der Waals surface area contributed by atoms with Gasteiger partial charge in [-0.15, -0.1) is 11.3 Å². The number of halogens is 2. The highest BCUT2D eigenvalue weighted by Gasteiger charge is 2.18. The first-order chi connectivity index (χ1) is 9.92. The van der Waals surface area contributed by atoms with Gasteiger partial charge in [0.15, 0.2) is 0 Å². The SMILES string of the molecule is CCNC(Cc1c(C)cc(C)cc1C)c1cc(Br)sc1Br. The normalized spacial score (nSPS) is 12.7. The van der Waals surface area contributed by atoms with Crippen LogP contribution in [0.1, 0.15) is 40.8 Å². The molecule has 0 aliphatic heterocycles. The van der Waals surface area contributed by atoms with Crippen LogP contribution in [-0.4, -0.2) is 6.54 Å². The molecule has 0 fully saturated rings. The molecule has 1 atom stereocenters. The Morgan fingerprint density at radius 1 is 1.10 bits per heavy atom. The number of aryl methyl sites for hydroxylation is 3. The standard InChI is InChI=1S/C17H21Br2NS/c1-5-20-15(14-9-16(18)21-17(14)19)8-13-11(3)6-10(2)7-12(13)4/h6-7,9,15,20H,5,8H2,1-4H3. The van der Waals surface area contributed by atoms with Crippen molar-refractivity contribution in [2.24, 2.45) is 0 Å². The number of nitrogens with one attached hydrogen (secondary N) is 1. The zero-order valence-electron chi connectivity index (χ0n) is 12.9. The molecule has 0 radical (unpaired) electrons. The fraction of sp³-hybridized carbons (Fsp3) is 0.412. The summed E-state index contributed by atoms with van der Waals surface area (Å²) >= 11 is 9.02. The lowest BCUT2D eigenvalue weighted by Gasteiger charge is -2.21. The Kier molecular flexibility index (Phi) is 6.06. The van der Waals surface area contributed by atoms with Gasteiger partial charge in [-0.1, -0.05) is 24.6 Å². The van der Waals surface area contributed by atoms with Crippen LogP contribution in [0.4, 0.5) is 0 Å². The van der Waals surface area contributed by atoms with Gasteiger partial charge in [0.1, 0.15) is 0 Å². The molecule has 1 heterocycles. The second-order valence-electron chi connectivity index (χ2n) is 5.47. The largest absolute Gasteiger partial charge is 0.310 e. The van der Waals surface area contributed by atoms with Gasteiger partial charge in [0.05, 0.1) is 7.57 Å². The Labute approximate surface area is 148 Å². The molecule has 0 saturated carbocycles. The lowest BCUT2D eigenvalue weighted by Crippen LogP contribution is -2.23. The Bertz CT molecular complexity index is 611. The van der Waals surface area contributed by atoms with Crippen LogP contribution in [0.15, 0.2) is 25.8 Å². The molecule has 2 aromatic rings. The topological polar surface area (TPSA) is 12.0 Å². The molecule has 21 heavy (non-hydrogen) atoms. The fourth-order valence-corrected chi connectivity index (χ4v) is 5.84. The molecule has 1 aromatic carbocycles. The summed E-state index contributed by atoms with van der Waals surface area (Å²) < 4.78 is 2.38. The zero-order chi connectivity index (χ0) is 15.6. The first-order valence-electron chi connectivity index (χ1n) is 7.17. The van der Waals surface area contributed by atoms with Crippen LogP contribution in [0.2, 0.25) is 0 Å². The molecule has 1 N–H and O–H groups in total. The number of likely N-dealkylation sites (N-methyl/N-ethyl adjacent to an activating group) is 1. The van der Waals surface area contributed by atoms with E-state index in [0.29, 0.717) is 6.04 Å². The van der Waals surface area contributed by atoms with Crippen molar-refractivity contribution in [1.29, 1.82) is 0 Å². The van der Waals surface area contributed by atoms with E-state index in [4.69, 9.17) is 0 Å². The predicted molar refractivity (Wildman–Crippen MR) is 100 cm³/mol. The second-order valence-corrected chi connectivity index (χ2v) is 9.22. The molecule has 0 bridgehead atoms. The van der Waals surface area contributed by atoms with Crippen molar-refractivity contribution in [3.63, 3.8) is 0 Å². The lowest BCUT2D eigenvalue weighted by molar-refractivity contribution is 0.547. The molecule has 114 valence electrons. The third-order valence-corrected chi connectivity index (χ3v) is 6.14. The highest BCUT2D eigenvalue weighted by atomic mass is 79.9. The smallest absolute Gasteiger partial charge is 0.0758 e. The van der Waals surface area contributed by atoms with Gasteiger partial charge in [-0.3, -0.25) is 0 Å². The first kappa shape index (κ1) is 17.2. The molecule has 0 aliphatic rings. The van der Waals surface area contributed by atoms with Gasteiger partial charge < -0.3 is 5.32 Å². The van der Waals surface area contributed by atoms with E-state index in [-0.39, 0.29) is 0 Å². The van der Waals surface area contributed by atoms with Crippen LogP contribution >= 0.6 is 43.2 Å². The Morgan fingerprint density at radius 3 is 2.19 bits per heavy atom. The van der Waals surface area contributed by atoms with Gasteiger partial charge in [0, 0.05) is 6.04 Å². The average Bonchev–Trinajstić information content (AvgIpc) is 2.71. The summed E-state index contributed by atoms with van der Waals surface area (Å²) in [7, 11) is 0. The van der Waals surface area contributed by atoms with Gasteiger partial charge in [-0.05, 0) is 93.9 Å². The van der Waals surface area contributed by atoms with Gasteiger partial charge in [-0.25, -0.2) is 0 Å². The van der Waals surface area contributed by atoms with E-state index < -0.39 is 0 Å². The van der Waals surface area contributed by atoms with Crippen LogP contribution in [0.25, 0.3) is 0 Å². The fourth-order valence-electron chi connectivity index (χ4n) is 2.87. The molecule has 0 spiro atoms. The van der Waals surface area contributed by atoms with E-state index in [1.807, 2.05) is 0 Å². The summed E-state index contributed by atoms with van der Waals surface area (Å²) in [6.07, 6.45) is 1.02. The van der Waals surface area contributed by atoms with Crippen molar-refractivity contribution in [2.75, 3.05) is 6.54 Å². The number of hydrogen-bond acceptors (Lipinski definition) is 2. The maximum atomic E-state index is 3.70. The van der Waals surface area contributed by atoms with Crippen molar-refractivity contribution in [1.82, 2.24) is 5.32 Å². The van der Waals surface area contributed by atoms with E-state index in [1.54, 1.807) is 11.3 Å². The van der Waals surface area contributed by atoms with E-state index >= 15 is 0 Å². The van der Waals surface area contributed by atoms with Crippen molar-refractivity contribution in [3.8, 4) is 0 Å². The number of benzene rings is 1. The van der Waals surface area contributed by atoms with Crippen LogP contribution < -0.4 is 5.32 Å². The quantitative estimate of drug-likeness (QED) is 0.604. The molecule has 1 aromatic heterocycles.